The van der Waals surface area contributed by atoms with Crippen molar-refractivity contribution in [1.29, 1.82) is 0 Å². The highest BCUT2D eigenvalue weighted by Crippen LogP contribution is 2.23. The zero-order valence-corrected chi connectivity index (χ0v) is 20.8. The summed E-state index contributed by atoms with van der Waals surface area (Å²) in [5.74, 6) is -2.57. The van der Waals surface area contributed by atoms with Gasteiger partial charge in [0.1, 0.15) is 17.6 Å². The van der Waals surface area contributed by atoms with Crippen molar-refractivity contribution in [1.82, 2.24) is 10.2 Å². The summed E-state index contributed by atoms with van der Waals surface area (Å²) in [6.45, 7) is 0.259. The highest BCUT2D eigenvalue weighted by molar-refractivity contribution is 6.07. The Morgan fingerprint density at radius 1 is 0.974 bits per heavy atom. The van der Waals surface area contributed by atoms with Gasteiger partial charge >= 0.3 is 5.97 Å². The number of nitro groups is 1. The standard InChI is InChI=1S/C28H26N4O7/c33-25-15-14-24(31(25)17-19-6-2-1-3-7-19)27(35)30-22(28(36)37)16-18-10-12-20(13-11-18)29-26(34)21-8-4-5-9-23(21)32(38)39/h1-13,22,24H,14-17H2,(H,29,34)(H,30,35)(H,36,37)/t22-,24?/m0/s1. The molecule has 0 aliphatic carbocycles. The first-order valence-electron chi connectivity index (χ1n) is 12.2. The van der Waals surface area contributed by atoms with Crippen LogP contribution in [-0.4, -0.2) is 50.7 Å². The van der Waals surface area contributed by atoms with E-state index in [1.165, 1.54) is 29.2 Å². The number of carboxylic acids is 1. The molecular formula is C28H26N4O7. The number of likely N-dealkylation sites (tertiary alicyclic amines) is 1. The number of anilines is 1. The third-order valence-electron chi connectivity index (χ3n) is 6.44. The average Bonchev–Trinajstić information content (AvgIpc) is 3.29. The van der Waals surface area contributed by atoms with Crippen LogP contribution < -0.4 is 10.6 Å². The molecule has 1 unspecified atom stereocenters. The number of carbonyl (C=O) groups is 4. The molecule has 0 radical (unpaired) electrons. The smallest absolute Gasteiger partial charge is 0.326 e. The van der Waals surface area contributed by atoms with Crippen molar-refractivity contribution in [2.45, 2.75) is 37.9 Å². The minimum absolute atomic E-state index is 0.0290. The van der Waals surface area contributed by atoms with Crippen LogP contribution in [0.25, 0.3) is 0 Å². The van der Waals surface area contributed by atoms with Crippen molar-refractivity contribution >= 4 is 35.1 Å². The zero-order chi connectivity index (χ0) is 27.9. The number of hydrogen-bond donors (Lipinski definition) is 3. The number of para-hydroxylation sites is 1. The Morgan fingerprint density at radius 2 is 1.64 bits per heavy atom. The number of aliphatic carboxylic acids is 1. The number of rotatable bonds is 10. The summed E-state index contributed by atoms with van der Waals surface area (Å²) in [7, 11) is 0. The molecule has 39 heavy (non-hydrogen) atoms. The van der Waals surface area contributed by atoms with E-state index < -0.39 is 34.8 Å². The molecule has 0 spiro atoms. The first kappa shape index (κ1) is 27.0. The summed E-state index contributed by atoms with van der Waals surface area (Å²) in [5, 5.41) is 26.1. The van der Waals surface area contributed by atoms with E-state index in [-0.39, 0.29) is 36.5 Å². The van der Waals surface area contributed by atoms with Gasteiger partial charge in [-0.3, -0.25) is 24.5 Å². The Balaban J connectivity index is 1.39. The first-order valence-corrected chi connectivity index (χ1v) is 12.2. The lowest BCUT2D eigenvalue weighted by Crippen LogP contribution is -2.50. The number of nitro benzene ring substituents is 1. The normalized spacial score (nSPS) is 15.4. The summed E-state index contributed by atoms with van der Waals surface area (Å²) in [4.78, 5) is 61.9. The van der Waals surface area contributed by atoms with Crippen LogP contribution in [0.15, 0.2) is 78.9 Å². The Kier molecular flexibility index (Phi) is 8.30. The topological polar surface area (TPSA) is 159 Å². The van der Waals surface area contributed by atoms with Gasteiger partial charge in [-0.25, -0.2) is 4.79 Å². The van der Waals surface area contributed by atoms with Crippen LogP contribution in [0.1, 0.15) is 34.3 Å². The number of benzene rings is 3. The lowest BCUT2D eigenvalue weighted by Gasteiger charge is -2.26. The summed E-state index contributed by atoms with van der Waals surface area (Å²) in [5.41, 5.74) is 1.40. The Bertz CT molecular complexity index is 1390. The molecule has 11 heteroatoms. The van der Waals surface area contributed by atoms with E-state index >= 15 is 0 Å². The van der Waals surface area contributed by atoms with Crippen LogP contribution in [0.5, 0.6) is 0 Å². The van der Waals surface area contributed by atoms with E-state index in [0.29, 0.717) is 17.7 Å². The molecule has 200 valence electrons. The fourth-order valence-electron chi connectivity index (χ4n) is 4.44. The number of carboxylic acid groups (broad SMARTS) is 1. The Morgan fingerprint density at radius 3 is 2.31 bits per heavy atom. The molecule has 1 aliphatic rings. The van der Waals surface area contributed by atoms with Crippen LogP contribution in [0.3, 0.4) is 0 Å². The van der Waals surface area contributed by atoms with Crippen LogP contribution in [0.4, 0.5) is 11.4 Å². The van der Waals surface area contributed by atoms with Gasteiger partial charge in [0, 0.05) is 31.1 Å². The minimum Gasteiger partial charge on any atom is -0.480 e. The van der Waals surface area contributed by atoms with Gasteiger partial charge < -0.3 is 20.6 Å². The third-order valence-corrected chi connectivity index (χ3v) is 6.44. The second-order valence-electron chi connectivity index (χ2n) is 9.09. The van der Waals surface area contributed by atoms with Gasteiger partial charge in [0.05, 0.1) is 4.92 Å². The van der Waals surface area contributed by atoms with E-state index in [2.05, 4.69) is 10.6 Å². The molecule has 2 atom stereocenters. The number of hydrogen-bond acceptors (Lipinski definition) is 6. The molecule has 3 N–H and O–H groups in total. The van der Waals surface area contributed by atoms with E-state index in [1.54, 1.807) is 24.3 Å². The minimum atomic E-state index is -1.24. The van der Waals surface area contributed by atoms with E-state index in [4.69, 9.17) is 0 Å². The van der Waals surface area contributed by atoms with Gasteiger partial charge in [0.25, 0.3) is 11.6 Å². The molecule has 1 fully saturated rings. The molecule has 1 heterocycles. The highest BCUT2D eigenvalue weighted by atomic mass is 16.6. The van der Waals surface area contributed by atoms with Crippen molar-refractivity contribution in [2.75, 3.05) is 5.32 Å². The largest absolute Gasteiger partial charge is 0.480 e. The molecule has 1 saturated heterocycles. The van der Waals surface area contributed by atoms with Crippen LogP contribution in [0.2, 0.25) is 0 Å². The molecule has 1 aliphatic heterocycles. The fraction of sp³-hybridized carbons (Fsp3) is 0.214. The van der Waals surface area contributed by atoms with Gasteiger partial charge in [-0.05, 0) is 35.7 Å². The maximum atomic E-state index is 13.0. The van der Waals surface area contributed by atoms with Gasteiger partial charge in [-0.1, -0.05) is 54.6 Å². The quantitative estimate of drug-likeness (QED) is 0.268. The number of amides is 3. The lowest BCUT2D eigenvalue weighted by molar-refractivity contribution is -0.385. The Labute approximate surface area is 223 Å². The van der Waals surface area contributed by atoms with E-state index in [0.717, 1.165) is 5.56 Å². The maximum absolute atomic E-state index is 13.0. The van der Waals surface area contributed by atoms with Crippen molar-refractivity contribution in [3.05, 3.63) is 106 Å². The molecule has 0 bridgehead atoms. The molecule has 3 aromatic carbocycles. The first-order chi connectivity index (χ1) is 18.7. The molecule has 3 amide bonds. The molecular weight excluding hydrogens is 504 g/mol. The van der Waals surface area contributed by atoms with Crippen LogP contribution in [0, 0.1) is 10.1 Å². The second-order valence-corrected chi connectivity index (χ2v) is 9.09. The van der Waals surface area contributed by atoms with Crippen LogP contribution >= 0.6 is 0 Å². The van der Waals surface area contributed by atoms with Crippen molar-refractivity contribution in [2.24, 2.45) is 0 Å². The maximum Gasteiger partial charge on any atom is 0.326 e. The number of nitrogens with zero attached hydrogens (tertiary/aromatic N) is 2. The summed E-state index contributed by atoms with van der Waals surface area (Å²) in [6, 6.07) is 19.1. The summed E-state index contributed by atoms with van der Waals surface area (Å²) >= 11 is 0. The zero-order valence-electron chi connectivity index (χ0n) is 20.8. The predicted octanol–water partition coefficient (Wildman–Crippen LogP) is 3.15. The predicted molar refractivity (Wildman–Crippen MR) is 141 cm³/mol. The van der Waals surface area contributed by atoms with Gasteiger partial charge in [0.2, 0.25) is 11.8 Å². The molecule has 0 saturated carbocycles. The van der Waals surface area contributed by atoms with Gasteiger partial charge in [-0.15, -0.1) is 0 Å². The lowest BCUT2D eigenvalue weighted by atomic mass is 10.0. The molecule has 4 rings (SSSR count). The number of carbonyl (C=O) groups excluding carboxylic acids is 3. The van der Waals surface area contributed by atoms with Crippen molar-refractivity contribution in [3.8, 4) is 0 Å². The summed E-state index contributed by atoms with van der Waals surface area (Å²) < 4.78 is 0. The van der Waals surface area contributed by atoms with E-state index in [1.807, 2.05) is 30.3 Å². The fourth-order valence-corrected chi connectivity index (χ4v) is 4.44. The SMILES string of the molecule is O=C(Nc1ccc(C[C@H](NC(=O)C2CCC(=O)N2Cc2ccccc2)C(=O)O)cc1)c1ccccc1[N+](=O)[O-]. The van der Waals surface area contributed by atoms with Gasteiger partial charge in [0.15, 0.2) is 0 Å². The Hall–Kier alpha value is -5.06. The van der Waals surface area contributed by atoms with Crippen LogP contribution in [-0.2, 0) is 27.3 Å². The van der Waals surface area contributed by atoms with Gasteiger partial charge in [-0.2, -0.15) is 0 Å². The summed E-state index contributed by atoms with van der Waals surface area (Å²) in [6.07, 6.45) is 0.485. The molecule has 11 nitrogen and oxygen atoms in total. The third kappa shape index (κ3) is 6.63. The van der Waals surface area contributed by atoms with Crippen molar-refractivity contribution < 1.29 is 29.2 Å². The second kappa shape index (κ2) is 12.0. The van der Waals surface area contributed by atoms with Crippen molar-refractivity contribution in [3.63, 3.8) is 0 Å². The molecule has 3 aromatic rings. The monoisotopic (exact) mass is 530 g/mol. The molecule has 0 aromatic heterocycles. The number of nitrogens with one attached hydrogen (secondary N) is 2. The highest BCUT2D eigenvalue weighted by Gasteiger charge is 2.37. The average molecular weight is 531 g/mol. The van der Waals surface area contributed by atoms with E-state index in [9.17, 15) is 34.4 Å².